The first kappa shape index (κ1) is 17.8. The molecule has 0 unspecified atom stereocenters. The lowest BCUT2D eigenvalue weighted by Gasteiger charge is -2.17. The molecule has 0 radical (unpaired) electrons. The van der Waals surface area contributed by atoms with Crippen LogP contribution in [-0.2, 0) is 6.54 Å². The van der Waals surface area contributed by atoms with Crippen LogP contribution in [0.3, 0.4) is 0 Å². The van der Waals surface area contributed by atoms with Gasteiger partial charge < -0.3 is 14.8 Å². The molecule has 2 rings (SSSR count). The summed E-state index contributed by atoms with van der Waals surface area (Å²) in [6.45, 7) is 8.11. The molecule has 2 aromatic rings. The third-order valence-corrected chi connectivity index (χ3v) is 4.16. The van der Waals surface area contributed by atoms with E-state index in [-0.39, 0.29) is 6.04 Å². The van der Waals surface area contributed by atoms with E-state index in [9.17, 15) is 0 Å². The summed E-state index contributed by atoms with van der Waals surface area (Å²) in [6, 6.07) is 14.9. The van der Waals surface area contributed by atoms with Gasteiger partial charge in [-0.05, 0) is 60.0 Å². The molecule has 0 aliphatic rings. The van der Waals surface area contributed by atoms with Crippen molar-refractivity contribution in [2.24, 2.45) is 0 Å². The quantitative estimate of drug-likeness (QED) is 0.694. The molecule has 0 aliphatic heterocycles. The summed E-state index contributed by atoms with van der Waals surface area (Å²) in [5.41, 5.74) is 2.44. The predicted molar refractivity (Wildman–Crippen MR) is 98.2 cm³/mol. The van der Waals surface area contributed by atoms with Crippen LogP contribution in [0.5, 0.6) is 11.5 Å². The Hall–Kier alpha value is -1.52. The maximum atomic E-state index is 5.72. The van der Waals surface area contributed by atoms with E-state index in [1.165, 1.54) is 5.56 Å². The van der Waals surface area contributed by atoms with Crippen molar-refractivity contribution in [2.75, 3.05) is 13.2 Å². The first-order valence-electron chi connectivity index (χ1n) is 8.02. The molecule has 2 aromatic carbocycles. The van der Waals surface area contributed by atoms with E-state index in [4.69, 9.17) is 9.47 Å². The van der Waals surface area contributed by atoms with E-state index in [2.05, 4.69) is 58.5 Å². The maximum absolute atomic E-state index is 5.72. The molecule has 0 aromatic heterocycles. The minimum absolute atomic E-state index is 0.289. The van der Waals surface area contributed by atoms with Crippen LogP contribution < -0.4 is 14.8 Å². The molecule has 0 heterocycles. The molecule has 4 heteroatoms. The molecule has 0 saturated heterocycles. The third kappa shape index (κ3) is 4.98. The summed E-state index contributed by atoms with van der Waals surface area (Å²) in [5, 5.41) is 3.55. The van der Waals surface area contributed by atoms with Gasteiger partial charge in [0.25, 0.3) is 0 Å². The minimum atomic E-state index is 0.289. The van der Waals surface area contributed by atoms with Crippen LogP contribution in [0.4, 0.5) is 0 Å². The van der Waals surface area contributed by atoms with Gasteiger partial charge in [0.15, 0.2) is 11.5 Å². The van der Waals surface area contributed by atoms with E-state index < -0.39 is 0 Å². The number of halogens is 1. The molecule has 0 fully saturated rings. The summed E-state index contributed by atoms with van der Waals surface area (Å²) in [5.74, 6) is 1.56. The average Bonchev–Trinajstić information content (AvgIpc) is 2.57. The SMILES string of the molecule is CCOc1cc(CN[C@H](C)c2ccccc2)cc(Br)c1OCC. The normalized spacial score (nSPS) is 12.0. The predicted octanol–water partition coefficient (Wildman–Crippen LogP) is 5.10. The van der Waals surface area contributed by atoms with Crippen molar-refractivity contribution in [3.05, 3.63) is 58.1 Å². The minimum Gasteiger partial charge on any atom is -0.490 e. The van der Waals surface area contributed by atoms with E-state index >= 15 is 0 Å². The number of benzene rings is 2. The number of nitrogens with one attached hydrogen (secondary N) is 1. The zero-order valence-corrected chi connectivity index (χ0v) is 15.5. The molecule has 1 atom stereocenters. The number of hydrogen-bond acceptors (Lipinski definition) is 3. The van der Waals surface area contributed by atoms with Gasteiger partial charge in [0.05, 0.1) is 17.7 Å². The number of ether oxygens (including phenoxy) is 2. The highest BCUT2D eigenvalue weighted by molar-refractivity contribution is 9.10. The number of rotatable bonds is 8. The summed E-state index contributed by atoms with van der Waals surface area (Å²) >= 11 is 3.59. The monoisotopic (exact) mass is 377 g/mol. The molecule has 23 heavy (non-hydrogen) atoms. The smallest absolute Gasteiger partial charge is 0.175 e. The summed E-state index contributed by atoms with van der Waals surface area (Å²) in [7, 11) is 0. The molecule has 124 valence electrons. The molecule has 0 bridgehead atoms. The Labute approximate surface area is 147 Å². The Morgan fingerprint density at radius 3 is 2.39 bits per heavy atom. The molecular formula is C19H24BrNO2. The summed E-state index contributed by atoms with van der Waals surface area (Å²) in [4.78, 5) is 0. The van der Waals surface area contributed by atoms with Gasteiger partial charge >= 0.3 is 0 Å². The first-order valence-corrected chi connectivity index (χ1v) is 8.81. The Morgan fingerprint density at radius 2 is 1.74 bits per heavy atom. The van der Waals surface area contributed by atoms with Gasteiger partial charge in [-0.15, -0.1) is 0 Å². The second-order valence-corrected chi connectivity index (χ2v) is 6.14. The fourth-order valence-electron chi connectivity index (χ4n) is 2.40. The zero-order valence-electron chi connectivity index (χ0n) is 13.9. The fourth-order valence-corrected chi connectivity index (χ4v) is 3.01. The molecule has 0 aliphatic carbocycles. The Kier molecular flexibility index (Phi) is 6.93. The van der Waals surface area contributed by atoms with Crippen molar-refractivity contribution in [3.8, 4) is 11.5 Å². The van der Waals surface area contributed by atoms with Gasteiger partial charge in [0, 0.05) is 12.6 Å². The average molecular weight is 378 g/mol. The van der Waals surface area contributed by atoms with Gasteiger partial charge in [-0.1, -0.05) is 30.3 Å². The van der Waals surface area contributed by atoms with Crippen LogP contribution in [0.2, 0.25) is 0 Å². The Balaban J connectivity index is 2.10. The van der Waals surface area contributed by atoms with Gasteiger partial charge in [-0.3, -0.25) is 0 Å². The topological polar surface area (TPSA) is 30.5 Å². The van der Waals surface area contributed by atoms with E-state index in [1.54, 1.807) is 0 Å². The van der Waals surface area contributed by atoms with Crippen LogP contribution in [-0.4, -0.2) is 13.2 Å². The largest absolute Gasteiger partial charge is 0.490 e. The standard InChI is InChI=1S/C19H24BrNO2/c1-4-22-18-12-15(11-17(20)19(18)23-5-2)13-21-14(3)16-9-7-6-8-10-16/h6-12,14,21H,4-5,13H2,1-3H3/t14-/m1/s1. The van der Waals surface area contributed by atoms with E-state index in [0.717, 1.165) is 28.1 Å². The lowest BCUT2D eigenvalue weighted by Crippen LogP contribution is -2.18. The highest BCUT2D eigenvalue weighted by Gasteiger charge is 2.12. The molecule has 0 amide bonds. The van der Waals surface area contributed by atoms with Crippen LogP contribution in [0, 0.1) is 0 Å². The van der Waals surface area contributed by atoms with Crippen molar-refractivity contribution in [2.45, 2.75) is 33.4 Å². The fraction of sp³-hybridized carbons (Fsp3) is 0.368. The van der Waals surface area contributed by atoms with Crippen molar-refractivity contribution in [3.63, 3.8) is 0 Å². The maximum Gasteiger partial charge on any atom is 0.175 e. The van der Waals surface area contributed by atoms with Crippen LogP contribution >= 0.6 is 15.9 Å². The van der Waals surface area contributed by atoms with Crippen molar-refractivity contribution < 1.29 is 9.47 Å². The molecule has 1 N–H and O–H groups in total. The second-order valence-electron chi connectivity index (χ2n) is 5.28. The Morgan fingerprint density at radius 1 is 1.04 bits per heavy atom. The Bertz CT molecular complexity index is 616. The van der Waals surface area contributed by atoms with Crippen LogP contribution in [0.1, 0.15) is 37.9 Å². The van der Waals surface area contributed by atoms with Crippen LogP contribution in [0.15, 0.2) is 46.9 Å². The summed E-state index contributed by atoms with van der Waals surface area (Å²) in [6.07, 6.45) is 0. The van der Waals surface area contributed by atoms with Gasteiger partial charge in [-0.25, -0.2) is 0 Å². The number of hydrogen-bond donors (Lipinski definition) is 1. The van der Waals surface area contributed by atoms with E-state index in [0.29, 0.717) is 13.2 Å². The molecule has 0 saturated carbocycles. The molecule has 3 nitrogen and oxygen atoms in total. The zero-order chi connectivity index (χ0) is 16.7. The molecule has 0 spiro atoms. The highest BCUT2D eigenvalue weighted by Crippen LogP contribution is 2.37. The third-order valence-electron chi connectivity index (χ3n) is 3.57. The second kappa shape index (κ2) is 8.94. The summed E-state index contributed by atoms with van der Waals surface area (Å²) < 4.78 is 12.3. The van der Waals surface area contributed by atoms with Crippen molar-refractivity contribution >= 4 is 15.9 Å². The van der Waals surface area contributed by atoms with Gasteiger partial charge in [0.1, 0.15) is 0 Å². The van der Waals surface area contributed by atoms with Gasteiger partial charge in [0.2, 0.25) is 0 Å². The lowest BCUT2D eigenvalue weighted by molar-refractivity contribution is 0.286. The molecular weight excluding hydrogens is 354 g/mol. The first-order chi connectivity index (χ1) is 11.2. The van der Waals surface area contributed by atoms with E-state index in [1.807, 2.05) is 26.0 Å². The van der Waals surface area contributed by atoms with Crippen molar-refractivity contribution in [1.82, 2.24) is 5.32 Å². The van der Waals surface area contributed by atoms with Crippen LogP contribution in [0.25, 0.3) is 0 Å². The lowest BCUT2D eigenvalue weighted by atomic mass is 10.1. The van der Waals surface area contributed by atoms with Gasteiger partial charge in [-0.2, -0.15) is 0 Å². The highest BCUT2D eigenvalue weighted by atomic mass is 79.9. The van der Waals surface area contributed by atoms with Crippen molar-refractivity contribution in [1.29, 1.82) is 0 Å².